The van der Waals surface area contributed by atoms with Gasteiger partial charge in [0.1, 0.15) is 5.82 Å². The maximum absolute atomic E-state index is 12.6. The number of carbonyl (C=O) groups excluding carboxylic acids is 1. The van der Waals surface area contributed by atoms with Crippen molar-refractivity contribution in [2.24, 2.45) is 5.73 Å². The Labute approximate surface area is 169 Å². The molecular formula is C21H37N5O2. The molecule has 1 amide bonds. The molecule has 0 aromatic carbocycles. The van der Waals surface area contributed by atoms with Crippen molar-refractivity contribution in [1.29, 1.82) is 0 Å². The van der Waals surface area contributed by atoms with Crippen LogP contribution in [0.15, 0.2) is 6.07 Å². The first-order valence-electron chi connectivity index (χ1n) is 10.4. The number of carbonyl (C=O) groups is 1. The van der Waals surface area contributed by atoms with Crippen molar-refractivity contribution in [2.45, 2.75) is 84.2 Å². The summed E-state index contributed by atoms with van der Waals surface area (Å²) in [4.78, 5) is 17.2. The highest BCUT2D eigenvalue weighted by Crippen LogP contribution is 2.21. The van der Waals surface area contributed by atoms with Gasteiger partial charge in [0.05, 0.1) is 17.8 Å². The monoisotopic (exact) mass is 391 g/mol. The molecule has 1 aliphatic rings. The van der Waals surface area contributed by atoms with Crippen molar-refractivity contribution in [3.8, 4) is 0 Å². The molecule has 7 heteroatoms. The molecule has 5 N–H and O–H groups in total. The summed E-state index contributed by atoms with van der Waals surface area (Å²) in [7, 11) is 1.74. The van der Waals surface area contributed by atoms with Crippen molar-refractivity contribution >= 4 is 11.7 Å². The van der Waals surface area contributed by atoms with Crippen LogP contribution in [-0.2, 0) is 4.74 Å². The van der Waals surface area contributed by atoms with Crippen molar-refractivity contribution < 1.29 is 9.53 Å². The number of methoxy groups -OCH3 is 1. The number of anilines is 1. The average Bonchev–Trinajstić information content (AvgIpc) is 3.16. The number of hydrogen-bond acceptors (Lipinski definition) is 6. The van der Waals surface area contributed by atoms with Crippen LogP contribution in [0.25, 0.3) is 0 Å². The van der Waals surface area contributed by atoms with Crippen LogP contribution < -0.4 is 21.7 Å². The van der Waals surface area contributed by atoms with Gasteiger partial charge in [-0.05, 0) is 51.7 Å². The van der Waals surface area contributed by atoms with E-state index in [1.807, 2.05) is 19.9 Å². The van der Waals surface area contributed by atoms with Gasteiger partial charge in [-0.1, -0.05) is 19.8 Å². The smallest absolute Gasteiger partial charge is 0.256 e. The zero-order chi connectivity index (χ0) is 20.7. The zero-order valence-electron chi connectivity index (χ0n) is 18.0. The van der Waals surface area contributed by atoms with Gasteiger partial charge in [0.2, 0.25) is 0 Å². The van der Waals surface area contributed by atoms with Gasteiger partial charge in [-0.25, -0.2) is 4.98 Å². The Kier molecular flexibility index (Phi) is 8.66. The molecule has 1 fully saturated rings. The third-order valence-corrected chi connectivity index (χ3v) is 5.54. The van der Waals surface area contributed by atoms with Crippen LogP contribution in [0.2, 0.25) is 0 Å². The molecule has 0 radical (unpaired) electrons. The van der Waals surface area contributed by atoms with E-state index < -0.39 is 6.17 Å². The van der Waals surface area contributed by atoms with E-state index in [9.17, 15) is 4.79 Å². The van der Waals surface area contributed by atoms with E-state index >= 15 is 0 Å². The molecule has 1 aliphatic carbocycles. The zero-order valence-corrected chi connectivity index (χ0v) is 18.0. The Hall–Kier alpha value is -1.70. The van der Waals surface area contributed by atoms with Crippen molar-refractivity contribution in [2.75, 3.05) is 19.0 Å². The number of nitrogens with zero attached hydrogens (tertiary/aromatic N) is 1. The van der Waals surface area contributed by atoms with E-state index in [1.54, 1.807) is 14.0 Å². The summed E-state index contributed by atoms with van der Waals surface area (Å²) in [5.41, 5.74) is 8.10. The van der Waals surface area contributed by atoms with Crippen molar-refractivity contribution in [1.82, 2.24) is 15.6 Å². The molecule has 1 saturated carbocycles. The van der Waals surface area contributed by atoms with Gasteiger partial charge in [0.25, 0.3) is 5.91 Å². The molecule has 2 rings (SSSR count). The Bertz CT molecular complexity index is 644. The lowest BCUT2D eigenvalue weighted by Crippen LogP contribution is -2.48. The molecule has 7 nitrogen and oxygen atoms in total. The van der Waals surface area contributed by atoms with Gasteiger partial charge in [-0.15, -0.1) is 0 Å². The Balaban J connectivity index is 2.11. The maximum atomic E-state index is 12.6. The first kappa shape index (κ1) is 22.6. The maximum Gasteiger partial charge on any atom is 0.256 e. The van der Waals surface area contributed by atoms with Gasteiger partial charge in [0.15, 0.2) is 0 Å². The van der Waals surface area contributed by atoms with E-state index in [4.69, 9.17) is 10.5 Å². The van der Waals surface area contributed by atoms with E-state index in [-0.39, 0.29) is 18.1 Å². The number of hydrogen-bond donors (Lipinski definition) is 4. The fraction of sp³-hybridized carbons (Fsp3) is 0.714. The van der Waals surface area contributed by atoms with Crippen molar-refractivity contribution in [3.05, 3.63) is 22.9 Å². The number of nitrogens with two attached hydrogens (primary N) is 1. The second-order valence-electron chi connectivity index (χ2n) is 7.87. The van der Waals surface area contributed by atoms with Gasteiger partial charge < -0.3 is 26.4 Å². The first-order valence-corrected chi connectivity index (χ1v) is 10.4. The van der Waals surface area contributed by atoms with Gasteiger partial charge in [-0.2, -0.15) is 0 Å². The quantitative estimate of drug-likeness (QED) is 0.457. The Morgan fingerprint density at radius 3 is 2.61 bits per heavy atom. The summed E-state index contributed by atoms with van der Waals surface area (Å²) in [5.74, 6) is 0.345. The summed E-state index contributed by atoms with van der Waals surface area (Å²) in [5, 5.41) is 9.85. The largest absolute Gasteiger partial charge is 0.378 e. The van der Waals surface area contributed by atoms with E-state index in [0.717, 1.165) is 17.7 Å². The topological polar surface area (TPSA) is 101 Å². The summed E-state index contributed by atoms with van der Waals surface area (Å²) in [6.45, 7) is 8.38. The van der Waals surface area contributed by atoms with Crippen LogP contribution in [-0.4, -0.2) is 48.9 Å². The second-order valence-corrected chi connectivity index (χ2v) is 7.87. The van der Waals surface area contributed by atoms with Crippen LogP contribution in [0.5, 0.6) is 0 Å². The lowest BCUT2D eigenvalue weighted by atomic mass is 10.1. The van der Waals surface area contributed by atoms with Crippen LogP contribution in [0.4, 0.5) is 5.82 Å². The van der Waals surface area contributed by atoms with Crippen LogP contribution in [0.3, 0.4) is 0 Å². The van der Waals surface area contributed by atoms with E-state index in [1.165, 1.54) is 25.7 Å². The number of rotatable bonds is 10. The number of pyridine rings is 1. The predicted molar refractivity (Wildman–Crippen MR) is 114 cm³/mol. The second kappa shape index (κ2) is 10.7. The fourth-order valence-corrected chi connectivity index (χ4v) is 3.77. The molecule has 1 aromatic heterocycles. The molecule has 1 aromatic rings. The minimum absolute atomic E-state index is 0.0154. The van der Waals surface area contributed by atoms with Gasteiger partial charge in [-0.3, -0.25) is 4.79 Å². The summed E-state index contributed by atoms with van der Waals surface area (Å²) in [6.07, 6.45) is 5.62. The molecule has 0 saturated heterocycles. The standard InChI is InChI=1S/C21H37N5O2/c1-6-18(26-16-9-7-8-10-16)19(28-5)12-23-20-17(21(27)25-15(4)22)11-13(2)14(3)24-20/h11,15-16,18-19,26H,6-10,12,22H2,1-5H3,(H,23,24)(H,25,27). The molecule has 158 valence electrons. The third-order valence-electron chi connectivity index (χ3n) is 5.54. The van der Waals surface area contributed by atoms with Gasteiger partial charge >= 0.3 is 0 Å². The Morgan fingerprint density at radius 2 is 2.04 bits per heavy atom. The first-order chi connectivity index (χ1) is 13.3. The highest BCUT2D eigenvalue weighted by molar-refractivity contribution is 5.99. The van der Waals surface area contributed by atoms with Crippen molar-refractivity contribution in [3.63, 3.8) is 0 Å². The molecule has 1 heterocycles. The molecule has 3 atom stereocenters. The predicted octanol–water partition coefficient (Wildman–Crippen LogP) is 2.47. The summed E-state index contributed by atoms with van der Waals surface area (Å²) < 4.78 is 5.78. The van der Waals surface area contributed by atoms with E-state index in [2.05, 4.69) is 27.9 Å². The van der Waals surface area contributed by atoms with Crippen LogP contribution in [0.1, 0.15) is 67.6 Å². The van der Waals surface area contributed by atoms with E-state index in [0.29, 0.717) is 24.0 Å². The number of nitrogens with one attached hydrogen (secondary N) is 3. The van der Waals surface area contributed by atoms with Crippen LogP contribution in [0, 0.1) is 13.8 Å². The summed E-state index contributed by atoms with van der Waals surface area (Å²) >= 11 is 0. The lowest BCUT2D eigenvalue weighted by molar-refractivity contribution is 0.0724. The normalized spacial score (nSPS) is 17.9. The molecule has 0 spiro atoms. The number of aromatic nitrogens is 1. The number of aryl methyl sites for hydroxylation is 2. The molecular weight excluding hydrogens is 354 g/mol. The van der Waals surface area contributed by atoms with Gasteiger partial charge in [0, 0.05) is 31.4 Å². The lowest BCUT2D eigenvalue weighted by Gasteiger charge is -2.29. The highest BCUT2D eigenvalue weighted by atomic mass is 16.5. The average molecular weight is 392 g/mol. The molecule has 28 heavy (non-hydrogen) atoms. The minimum Gasteiger partial charge on any atom is -0.378 e. The number of amides is 1. The Morgan fingerprint density at radius 1 is 1.36 bits per heavy atom. The molecule has 0 bridgehead atoms. The highest BCUT2D eigenvalue weighted by Gasteiger charge is 2.25. The fourth-order valence-electron chi connectivity index (χ4n) is 3.77. The third kappa shape index (κ3) is 6.15. The summed E-state index contributed by atoms with van der Waals surface area (Å²) in [6, 6.07) is 2.70. The molecule has 3 unspecified atom stereocenters. The molecule has 0 aliphatic heterocycles. The minimum atomic E-state index is -0.422. The van der Waals surface area contributed by atoms with Crippen LogP contribution >= 0.6 is 0 Å². The SMILES string of the molecule is CCC(NC1CCCC1)C(CNc1nc(C)c(C)cc1C(=O)NC(C)N)OC. The number of ether oxygens (including phenoxy) is 1.